The minimum Gasteiger partial charge on any atom is -0.369 e. The van der Waals surface area contributed by atoms with Gasteiger partial charge in [0.2, 0.25) is 15.7 Å². The Labute approximate surface area is 190 Å². The van der Waals surface area contributed by atoms with Gasteiger partial charge in [0.1, 0.15) is 10.6 Å². The molecule has 3 rings (SSSR count). The molecule has 0 fully saturated rings. The fraction of sp³-hybridized carbons (Fsp3) is 0.273. The van der Waals surface area contributed by atoms with Crippen molar-refractivity contribution in [2.24, 2.45) is 11.7 Å². The molecule has 4 N–H and O–H groups in total. The maximum absolute atomic E-state index is 15.0. The van der Waals surface area contributed by atoms with Gasteiger partial charge in [0.15, 0.2) is 5.82 Å². The Kier molecular flexibility index (Phi) is 6.35. The largest absolute Gasteiger partial charge is 0.369 e. The molecule has 0 aliphatic rings. The zero-order chi connectivity index (χ0) is 24.0. The molecule has 2 atom stereocenters. The van der Waals surface area contributed by atoms with Crippen LogP contribution < -0.4 is 11.1 Å². The molecule has 170 valence electrons. The first kappa shape index (κ1) is 23.7. The van der Waals surface area contributed by atoms with E-state index in [-0.39, 0.29) is 26.5 Å². The Bertz CT molecular complexity index is 1330. The number of benzene rings is 2. The van der Waals surface area contributed by atoms with Crippen LogP contribution in [-0.2, 0) is 14.6 Å². The van der Waals surface area contributed by atoms with E-state index in [4.69, 9.17) is 17.3 Å². The van der Waals surface area contributed by atoms with Crippen molar-refractivity contribution < 1.29 is 22.4 Å². The smallest absolute Gasteiger partial charge is 0.269 e. The van der Waals surface area contributed by atoms with Crippen molar-refractivity contribution in [1.29, 1.82) is 0 Å². The molecule has 7 nitrogen and oxygen atoms in total. The third kappa shape index (κ3) is 4.22. The van der Waals surface area contributed by atoms with Gasteiger partial charge in [-0.3, -0.25) is 9.59 Å². The highest BCUT2D eigenvalue weighted by atomic mass is 35.5. The number of aromatic amines is 1. The Hall–Kier alpha value is -2.91. The molecule has 0 spiro atoms. The average molecular weight is 480 g/mol. The van der Waals surface area contributed by atoms with E-state index >= 15 is 4.39 Å². The van der Waals surface area contributed by atoms with Gasteiger partial charge in [0, 0.05) is 6.04 Å². The van der Waals surface area contributed by atoms with Crippen LogP contribution in [0, 0.1) is 25.6 Å². The number of carbonyl (C=O) groups is 2. The number of fused-ring (bicyclic) bond motifs is 1. The third-order valence-corrected chi connectivity index (χ3v) is 7.46. The molecule has 3 aromatic rings. The van der Waals surface area contributed by atoms with Crippen LogP contribution in [0.1, 0.15) is 35.5 Å². The summed E-state index contributed by atoms with van der Waals surface area (Å²) in [5.41, 5.74) is 6.41. The number of hydrogen-bond acceptors (Lipinski definition) is 4. The molecule has 10 heteroatoms. The number of halogens is 2. The molecule has 2 aromatic carbocycles. The van der Waals surface area contributed by atoms with Crippen molar-refractivity contribution in [3.05, 3.63) is 58.0 Å². The first-order valence-corrected chi connectivity index (χ1v) is 11.6. The summed E-state index contributed by atoms with van der Waals surface area (Å²) in [5, 5.41) is 1.98. The van der Waals surface area contributed by atoms with Gasteiger partial charge in [-0.25, -0.2) is 12.8 Å². The van der Waals surface area contributed by atoms with Crippen molar-refractivity contribution >= 4 is 44.2 Å². The van der Waals surface area contributed by atoms with E-state index in [0.29, 0.717) is 11.1 Å². The Morgan fingerprint density at radius 2 is 1.72 bits per heavy atom. The van der Waals surface area contributed by atoms with Gasteiger partial charge in [0.05, 0.1) is 26.7 Å². The highest BCUT2D eigenvalue weighted by Crippen LogP contribution is 2.36. The number of aryl methyl sites for hydroxylation is 2. The number of carbonyl (C=O) groups excluding carboxylic acids is 2. The highest BCUT2D eigenvalue weighted by Gasteiger charge is 2.33. The monoisotopic (exact) mass is 479 g/mol. The molecule has 32 heavy (non-hydrogen) atoms. The van der Waals surface area contributed by atoms with Gasteiger partial charge in [-0.2, -0.15) is 0 Å². The lowest BCUT2D eigenvalue weighted by molar-refractivity contribution is -0.121. The quantitative estimate of drug-likeness (QED) is 0.499. The zero-order valence-corrected chi connectivity index (χ0v) is 19.5. The lowest BCUT2D eigenvalue weighted by Gasteiger charge is -2.18. The first-order valence-electron chi connectivity index (χ1n) is 9.77. The van der Waals surface area contributed by atoms with Crippen molar-refractivity contribution in [1.82, 2.24) is 10.3 Å². The lowest BCUT2D eigenvalue weighted by Crippen LogP contribution is -2.42. The molecule has 0 aliphatic heterocycles. The third-order valence-electron chi connectivity index (χ3n) is 5.37. The molecule has 0 saturated carbocycles. The van der Waals surface area contributed by atoms with Crippen LogP contribution in [0.25, 0.3) is 10.9 Å². The topological polar surface area (TPSA) is 122 Å². The SMILES string of the molecule is Cc1cc(C)cc(S(=O)(=O)c2c(C(=O)NC(C)C(C)C(N)=O)[nH]c3ccc(Cl)c(F)c23)c1. The van der Waals surface area contributed by atoms with E-state index in [2.05, 4.69) is 10.3 Å². The number of hydrogen-bond donors (Lipinski definition) is 3. The van der Waals surface area contributed by atoms with Crippen LogP contribution in [0.3, 0.4) is 0 Å². The molecular formula is C22H23ClFN3O4S. The van der Waals surface area contributed by atoms with Crippen molar-refractivity contribution in [3.63, 3.8) is 0 Å². The number of sulfone groups is 1. The van der Waals surface area contributed by atoms with E-state index in [9.17, 15) is 18.0 Å². The molecule has 2 unspecified atom stereocenters. The minimum atomic E-state index is -4.34. The van der Waals surface area contributed by atoms with E-state index in [1.807, 2.05) is 0 Å². The number of nitrogens with one attached hydrogen (secondary N) is 2. The summed E-state index contributed by atoms with van der Waals surface area (Å²) in [6.45, 7) is 6.56. The van der Waals surface area contributed by atoms with Gasteiger partial charge in [0.25, 0.3) is 5.91 Å². The normalized spacial score (nSPS) is 13.7. The van der Waals surface area contributed by atoms with Crippen LogP contribution in [0.4, 0.5) is 4.39 Å². The first-order chi connectivity index (χ1) is 14.8. The van der Waals surface area contributed by atoms with Gasteiger partial charge < -0.3 is 16.0 Å². The van der Waals surface area contributed by atoms with Crippen LogP contribution >= 0.6 is 11.6 Å². The summed E-state index contributed by atoms with van der Waals surface area (Å²) in [6, 6.07) is 6.66. The fourth-order valence-electron chi connectivity index (χ4n) is 3.48. The highest BCUT2D eigenvalue weighted by molar-refractivity contribution is 7.91. The number of H-pyrrole nitrogens is 1. The van der Waals surface area contributed by atoms with Crippen LogP contribution in [0.2, 0.25) is 5.02 Å². The van der Waals surface area contributed by atoms with Crippen molar-refractivity contribution in [3.8, 4) is 0 Å². The van der Waals surface area contributed by atoms with Crippen LogP contribution in [-0.4, -0.2) is 31.3 Å². The van der Waals surface area contributed by atoms with Gasteiger partial charge in [-0.05, 0) is 56.2 Å². The Balaban J connectivity index is 2.27. The molecule has 0 aliphatic carbocycles. The second-order valence-corrected chi connectivity index (χ2v) is 10.2. The predicted octanol–water partition coefficient (Wildman–Crippen LogP) is 3.65. The van der Waals surface area contributed by atoms with Gasteiger partial charge in [-0.1, -0.05) is 24.6 Å². The van der Waals surface area contributed by atoms with Crippen LogP contribution in [0.5, 0.6) is 0 Å². The summed E-state index contributed by atoms with van der Waals surface area (Å²) in [7, 11) is -4.34. The van der Waals surface area contributed by atoms with E-state index in [1.54, 1.807) is 26.8 Å². The second kappa shape index (κ2) is 8.55. The van der Waals surface area contributed by atoms with Gasteiger partial charge >= 0.3 is 0 Å². The number of nitrogens with two attached hydrogens (primary N) is 1. The standard InChI is InChI=1S/C22H23ClFN3O4S/c1-10-7-11(2)9-14(8-10)32(30,31)20-17-16(6-5-15(23)18(17)24)27-19(20)22(29)26-13(4)12(3)21(25)28/h5-9,12-13,27H,1-4H3,(H2,25,28)(H,26,29). The summed E-state index contributed by atoms with van der Waals surface area (Å²) >= 11 is 5.92. The van der Waals surface area contributed by atoms with Crippen LogP contribution in [0.15, 0.2) is 40.1 Å². The molecule has 1 heterocycles. The molecule has 0 saturated heterocycles. The second-order valence-electron chi connectivity index (χ2n) is 7.89. The predicted molar refractivity (Wildman–Crippen MR) is 120 cm³/mol. The number of primary amides is 1. The molecule has 2 amide bonds. The number of rotatable bonds is 6. The summed E-state index contributed by atoms with van der Waals surface area (Å²) in [4.78, 5) is 26.6. The molecular weight excluding hydrogens is 457 g/mol. The summed E-state index contributed by atoms with van der Waals surface area (Å²) in [6.07, 6.45) is 0. The van der Waals surface area contributed by atoms with E-state index < -0.39 is 44.3 Å². The maximum Gasteiger partial charge on any atom is 0.269 e. The fourth-order valence-corrected chi connectivity index (χ4v) is 5.43. The maximum atomic E-state index is 15.0. The summed E-state index contributed by atoms with van der Waals surface area (Å²) in [5.74, 6) is -3.12. The van der Waals surface area contributed by atoms with E-state index in [0.717, 1.165) is 0 Å². The average Bonchev–Trinajstić information content (AvgIpc) is 3.10. The van der Waals surface area contributed by atoms with E-state index in [1.165, 1.54) is 31.2 Å². The molecule has 1 aromatic heterocycles. The Morgan fingerprint density at radius 3 is 2.28 bits per heavy atom. The zero-order valence-electron chi connectivity index (χ0n) is 17.9. The van der Waals surface area contributed by atoms with Gasteiger partial charge in [-0.15, -0.1) is 0 Å². The summed E-state index contributed by atoms with van der Waals surface area (Å²) < 4.78 is 42.3. The molecule has 0 radical (unpaired) electrons. The van der Waals surface area contributed by atoms with Crippen molar-refractivity contribution in [2.45, 2.75) is 43.5 Å². The lowest BCUT2D eigenvalue weighted by atomic mass is 10.0. The minimum absolute atomic E-state index is 0.0807. The number of amides is 2. The number of aromatic nitrogens is 1. The Morgan fingerprint density at radius 1 is 1.12 bits per heavy atom. The molecule has 0 bridgehead atoms. The van der Waals surface area contributed by atoms with Crippen molar-refractivity contribution in [2.75, 3.05) is 0 Å².